The molecule has 2 nitrogen and oxygen atoms in total. The van der Waals surface area contributed by atoms with Crippen molar-refractivity contribution in [2.45, 2.75) is 55.2 Å². The Labute approximate surface area is 128 Å². The number of nitrogens with zero attached hydrogens (tertiary/aromatic N) is 1. The van der Waals surface area contributed by atoms with Gasteiger partial charge in [-0.1, -0.05) is 54.3 Å². The summed E-state index contributed by atoms with van der Waals surface area (Å²) in [6.45, 7) is 3.11. The molecule has 2 rings (SSSR count). The molecule has 0 fully saturated rings. The Hall–Kier alpha value is 0.130. The molecule has 0 spiro atoms. The molecule has 0 amide bonds. The van der Waals surface area contributed by atoms with Crippen LogP contribution in [-0.2, 0) is 11.4 Å². The normalized spacial score (nSPS) is 18.8. The van der Waals surface area contributed by atoms with E-state index in [1.54, 1.807) is 11.9 Å². The number of hydrogen-bond acceptors (Lipinski definition) is 3. The van der Waals surface area contributed by atoms with Crippen LogP contribution in [0.25, 0.3) is 0 Å². The van der Waals surface area contributed by atoms with Crippen LogP contribution >= 0.6 is 23.5 Å². The Morgan fingerprint density at radius 1 is 1.21 bits per heavy atom. The number of benzene rings is 1. The molecular weight excluding hydrogens is 298 g/mol. The molecule has 1 aliphatic heterocycles. The molecule has 1 heterocycles. The van der Waals surface area contributed by atoms with E-state index in [1.807, 2.05) is 21.9 Å². The summed E-state index contributed by atoms with van der Waals surface area (Å²) in [5, 5.41) is 0.661. The van der Waals surface area contributed by atoms with Gasteiger partial charge >= 0.3 is 0 Å². The minimum Gasteiger partial charge on any atom is -0.592 e. The predicted octanol–water partition coefficient (Wildman–Crippen LogP) is 5.05. The monoisotopic (exact) mass is 317 g/mol. The smallest absolute Gasteiger partial charge is 0.191 e. The van der Waals surface area contributed by atoms with Crippen molar-refractivity contribution >= 4 is 34.9 Å². The van der Waals surface area contributed by atoms with E-state index in [0.717, 1.165) is 22.8 Å². The molecule has 0 N–H and O–H groups in total. The third kappa shape index (κ3) is 4.30. The van der Waals surface area contributed by atoms with Crippen molar-refractivity contribution in [3.63, 3.8) is 0 Å². The molecule has 1 unspecified atom stereocenters. The van der Waals surface area contributed by atoms with Crippen LogP contribution in [-0.4, -0.2) is 14.8 Å². The number of rotatable bonds is 7. The van der Waals surface area contributed by atoms with Gasteiger partial charge in [-0.15, -0.1) is 0 Å². The van der Waals surface area contributed by atoms with Crippen LogP contribution < -0.4 is 0 Å². The Morgan fingerprint density at radius 3 is 2.74 bits per heavy atom. The maximum atomic E-state index is 12.3. The fourth-order valence-electron chi connectivity index (χ4n) is 2.10. The van der Waals surface area contributed by atoms with Crippen molar-refractivity contribution < 1.29 is 4.55 Å². The van der Waals surface area contributed by atoms with E-state index in [9.17, 15) is 4.55 Å². The van der Waals surface area contributed by atoms with Gasteiger partial charge in [0, 0.05) is 23.0 Å². The number of hydrogen-bond donors (Lipinski definition) is 0. The second kappa shape index (κ2) is 7.79. The van der Waals surface area contributed by atoms with Gasteiger partial charge in [0.1, 0.15) is 0 Å². The first-order valence-electron chi connectivity index (χ1n) is 6.89. The third-order valence-electron chi connectivity index (χ3n) is 3.17. The lowest BCUT2D eigenvalue weighted by atomic mass is 10.1. The van der Waals surface area contributed by atoms with Gasteiger partial charge in [0.25, 0.3) is 0 Å². The van der Waals surface area contributed by atoms with E-state index in [2.05, 4.69) is 6.92 Å². The standard InChI is InChI=1S/C14H20ClNOS2/c1-2-3-4-5-6-7-10-16-18-13-9-8-12(15)11-14(13)19(16)17/h8-9,11H,2-7,10H2,1H3. The lowest BCUT2D eigenvalue weighted by Crippen LogP contribution is -2.20. The zero-order chi connectivity index (χ0) is 13.7. The second-order valence-corrected chi connectivity index (χ2v) is 7.87. The van der Waals surface area contributed by atoms with Gasteiger partial charge in [0.2, 0.25) is 0 Å². The molecule has 19 heavy (non-hydrogen) atoms. The Morgan fingerprint density at radius 2 is 1.95 bits per heavy atom. The average molecular weight is 318 g/mol. The summed E-state index contributed by atoms with van der Waals surface area (Å²) in [6, 6.07) is 5.64. The summed E-state index contributed by atoms with van der Waals surface area (Å²) < 4.78 is 14.2. The van der Waals surface area contributed by atoms with E-state index >= 15 is 0 Å². The van der Waals surface area contributed by atoms with Crippen molar-refractivity contribution in [1.82, 2.24) is 3.71 Å². The molecule has 1 aromatic rings. The van der Waals surface area contributed by atoms with Crippen LogP contribution in [0.15, 0.2) is 28.0 Å². The lowest BCUT2D eigenvalue weighted by Gasteiger charge is -2.14. The minimum absolute atomic E-state index is 0.661. The van der Waals surface area contributed by atoms with Crippen LogP contribution in [0, 0.1) is 0 Å². The largest absolute Gasteiger partial charge is 0.592 e. The number of halogens is 1. The first-order chi connectivity index (χ1) is 9.22. The Bertz CT molecular complexity index is 416. The first kappa shape index (κ1) is 15.5. The van der Waals surface area contributed by atoms with E-state index < -0.39 is 11.4 Å². The quantitative estimate of drug-likeness (QED) is 0.400. The van der Waals surface area contributed by atoms with E-state index in [1.165, 1.54) is 32.1 Å². The van der Waals surface area contributed by atoms with Gasteiger partial charge in [-0.05, 0) is 18.6 Å². The summed E-state index contributed by atoms with van der Waals surface area (Å²) in [7, 11) is 0. The topological polar surface area (TPSA) is 26.3 Å². The average Bonchev–Trinajstić information content (AvgIpc) is 2.71. The van der Waals surface area contributed by atoms with Crippen LogP contribution in [0.3, 0.4) is 0 Å². The zero-order valence-corrected chi connectivity index (χ0v) is 13.6. The molecule has 1 atom stereocenters. The molecule has 1 aromatic carbocycles. The predicted molar refractivity (Wildman–Crippen MR) is 83.8 cm³/mol. The minimum atomic E-state index is -1.04. The highest BCUT2D eigenvalue weighted by Gasteiger charge is 2.34. The van der Waals surface area contributed by atoms with Gasteiger partial charge < -0.3 is 4.55 Å². The van der Waals surface area contributed by atoms with Gasteiger partial charge in [-0.2, -0.15) is 0 Å². The van der Waals surface area contributed by atoms with Crippen molar-refractivity contribution in [2.24, 2.45) is 0 Å². The van der Waals surface area contributed by atoms with Crippen LogP contribution in [0.5, 0.6) is 0 Å². The fraction of sp³-hybridized carbons (Fsp3) is 0.571. The van der Waals surface area contributed by atoms with Crippen LogP contribution in [0.1, 0.15) is 45.4 Å². The molecule has 0 saturated carbocycles. The highest BCUT2D eigenvalue weighted by atomic mass is 35.5. The Kier molecular flexibility index (Phi) is 6.36. The van der Waals surface area contributed by atoms with Gasteiger partial charge in [0.05, 0.1) is 22.8 Å². The van der Waals surface area contributed by atoms with Crippen molar-refractivity contribution in [3.8, 4) is 0 Å². The lowest BCUT2D eigenvalue weighted by molar-refractivity contribution is 0.522. The van der Waals surface area contributed by atoms with Gasteiger partial charge in [0.15, 0.2) is 4.90 Å². The molecule has 0 saturated heterocycles. The van der Waals surface area contributed by atoms with E-state index in [4.69, 9.17) is 11.6 Å². The molecule has 106 valence electrons. The van der Waals surface area contributed by atoms with Crippen LogP contribution in [0.2, 0.25) is 5.02 Å². The van der Waals surface area contributed by atoms with Gasteiger partial charge in [-0.25, -0.2) is 0 Å². The fourth-order valence-corrected chi connectivity index (χ4v) is 5.11. The van der Waals surface area contributed by atoms with Gasteiger partial charge in [-0.3, -0.25) is 0 Å². The summed E-state index contributed by atoms with van der Waals surface area (Å²) in [5.41, 5.74) is 0. The second-order valence-electron chi connectivity index (χ2n) is 4.76. The van der Waals surface area contributed by atoms with Crippen molar-refractivity contribution in [2.75, 3.05) is 6.54 Å². The van der Waals surface area contributed by atoms with Crippen molar-refractivity contribution in [3.05, 3.63) is 23.2 Å². The maximum absolute atomic E-state index is 12.3. The van der Waals surface area contributed by atoms with Crippen molar-refractivity contribution in [1.29, 1.82) is 0 Å². The van der Waals surface area contributed by atoms with Crippen LogP contribution in [0.4, 0.5) is 0 Å². The highest BCUT2D eigenvalue weighted by molar-refractivity contribution is 8.11. The maximum Gasteiger partial charge on any atom is 0.191 e. The molecule has 1 aliphatic rings. The molecule has 5 heteroatoms. The molecule has 0 aromatic heterocycles. The van der Waals surface area contributed by atoms with E-state index in [0.29, 0.717) is 5.02 Å². The summed E-state index contributed by atoms with van der Waals surface area (Å²) in [5.74, 6) is 0. The van der Waals surface area contributed by atoms with E-state index in [-0.39, 0.29) is 0 Å². The Balaban J connectivity index is 1.75. The summed E-state index contributed by atoms with van der Waals surface area (Å²) >= 11 is 6.50. The SMILES string of the molecule is CCCCCCCCN1Sc2ccc(Cl)cc2[S+]1[O-]. The summed E-state index contributed by atoms with van der Waals surface area (Å²) in [6.07, 6.45) is 7.56. The highest BCUT2D eigenvalue weighted by Crippen LogP contribution is 2.42. The summed E-state index contributed by atoms with van der Waals surface area (Å²) in [4.78, 5) is 1.94. The molecular formula is C14H20ClNOS2. The number of fused-ring (bicyclic) bond motifs is 1. The molecule has 0 radical (unpaired) electrons. The molecule has 0 bridgehead atoms. The number of unbranched alkanes of at least 4 members (excludes halogenated alkanes) is 5. The zero-order valence-electron chi connectivity index (χ0n) is 11.2. The third-order valence-corrected chi connectivity index (χ3v) is 6.37. The first-order valence-corrected chi connectivity index (χ1v) is 9.15. The molecule has 0 aliphatic carbocycles.